The Kier molecular flexibility index (Phi) is 11.0. The van der Waals surface area contributed by atoms with E-state index in [2.05, 4.69) is 29.8 Å². The largest absolute Gasteiger partial charge is 0.325 e. The maximum atomic E-state index is 13.6. The molecule has 47 heavy (non-hydrogen) atoms. The fraction of sp³-hybridized carbons (Fsp3) is 0.103. The molecule has 1 atom stereocenters. The van der Waals surface area contributed by atoms with E-state index in [-0.39, 0.29) is 11.6 Å². The number of halogens is 1. The van der Waals surface area contributed by atoms with Crippen LogP contribution < -0.4 is 16.0 Å². The van der Waals surface area contributed by atoms with Crippen LogP contribution in [0.5, 0.6) is 0 Å². The summed E-state index contributed by atoms with van der Waals surface area (Å²) in [6.07, 6.45) is 1.48. The number of nitrogens with one attached hydrogen (secondary N) is 3. The van der Waals surface area contributed by atoms with E-state index in [1.54, 1.807) is 48.5 Å². The van der Waals surface area contributed by atoms with E-state index in [4.69, 9.17) is 0 Å². The van der Waals surface area contributed by atoms with Gasteiger partial charge in [-0.2, -0.15) is 0 Å². The highest BCUT2D eigenvalue weighted by Crippen LogP contribution is 2.37. The summed E-state index contributed by atoms with van der Waals surface area (Å²) in [4.78, 5) is 40.9. The minimum absolute atomic E-state index is 0.0199. The predicted molar refractivity (Wildman–Crippen MR) is 188 cm³/mol. The molecular weight excluding hydrogens is 610 g/mol. The molecule has 0 aromatic heterocycles. The van der Waals surface area contributed by atoms with Gasteiger partial charge in [0.15, 0.2) is 0 Å². The molecule has 5 rings (SSSR count). The number of anilines is 2. The summed E-state index contributed by atoms with van der Waals surface area (Å²) in [7, 11) is 0. The van der Waals surface area contributed by atoms with E-state index in [0.717, 1.165) is 10.5 Å². The van der Waals surface area contributed by atoms with Crippen LogP contribution in [0.25, 0.3) is 6.08 Å². The van der Waals surface area contributed by atoms with Gasteiger partial charge in [0, 0.05) is 21.8 Å². The molecule has 0 spiro atoms. The van der Waals surface area contributed by atoms with Gasteiger partial charge in [-0.25, -0.2) is 4.39 Å². The van der Waals surface area contributed by atoms with Gasteiger partial charge in [-0.1, -0.05) is 92.7 Å². The zero-order valence-corrected chi connectivity index (χ0v) is 26.8. The fourth-order valence-corrected chi connectivity index (χ4v) is 5.79. The average Bonchev–Trinajstić information content (AvgIpc) is 3.09. The summed E-state index contributed by atoms with van der Waals surface area (Å²) in [5.41, 5.74) is 4.08. The van der Waals surface area contributed by atoms with E-state index < -0.39 is 22.9 Å². The predicted octanol–water partition coefficient (Wildman–Crippen LogP) is 8.83. The Morgan fingerprint density at radius 3 is 2.00 bits per heavy atom. The highest BCUT2D eigenvalue weighted by molar-refractivity contribution is 8.00. The van der Waals surface area contributed by atoms with E-state index >= 15 is 0 Å². The van der Waals surface area contributed by atoms with Gasteiger partial charge in [0.25, 0.3) is 11.8 Å². The van der Waals surface area contributed by atoms with E-state index in [0.29, 0.717) is 28.4 Å². The molecule has 0 saturated heterocycles. The van der Waals surface area contributed by atoms with Crippen LogP contribution in [0.15, 0.2) is 144 Å². The van der Waals surface area contributed by atoms with Crippen molar-refractivity contribution in [3.8, 4) is 0 Å². The summed E-state index contributed by atoms with van der Waals surface area (Å²) in [6.45, 7) is 4.24. The van der Waals surface area contributed by atoms with Gasteiger partial charge in [-0.3, -0.25) is 14.4 Å². The Labute approximate surface area is 278 Å². The van der Waals surface area contributed by atoms with Crippen LogP contribution >= 0.6 is 11.8 Å². The van der Waals surface area contributed by atoms with Gasteiger partial charge in [-0.05, 0) is 83.3 Å². The van der Waals surface area contributed by atoms with Crippen molar-refractivity contribution in [3.05, 3.63) is 167 Å². The number of hydrogen-bond acceptors (Lipinski definition) is 4. The molecule has 6 nitrogen and oxygen atoms in total. The molecule has 0 fully saturated rings. The molecule has 3 amide bonds. The highest BCUT2D eigenvalue weighted by Gasteiger charge is 2.23. The second-order valence-corrected chi connectivity index (χ2v) is 12.3. The SMILES string of the molecule is CC(C)c1ccc(NC(=O)C(Sc2cccc(NC(=O)/C(=C/c3ccc(F)cc3)NC(=O)c3ccccc3)c2)c2ccccc2)cc1. The summed E-state index contributed by atoms with van der Waals surface area (Å²) >= 11 is 1.36. The lowest BCUT2D eigenvalue weighted by molar-refractivity contribution is -0.116. The zero-order chi connectivity index (χ0) is 33.2. The van der Waals surface area contributed by atoms with Crippen molar-refractivity contribution in [1.29, 1.82) is 0 Å². The first-order valence-electron chi connectivity index (χ1n) is 15.1. The zero-order valence-electron chi connectivity index (χ0n) is 25.9. The molecule has 8 heteroatoms. The second kappa shape index (κ2) is 15.7. The number of benzene rings is 5. The van der Waals surface area contributed by atoms with Crippen LogP contribution in [-0.2, 0) is 9.59 Å². The first-order valence-corrected chi connectivity index (χ1v) is 16.0. The molecule has 0 radical (unpaired) electrons. The monoisotopic (exact) mass is 643 g/mol. The Morgan fingerprint density at radius 2 is 1.34 bits per heavy atom. The lowest BCUT2D eigenvalue weighted by Crippen LogP contribution is -2.30. The normalized spacial score (nSPS) is 11.9. The fourth-order valence-electron chi connectivity index (χ4n) is 4.71. The van der Waals surface area contributed by atoms with Crippen molar-refractivity contribution in [2.45, 2.75) is 29.9 Å². The number of carbonyl (C=O) groups excluding carboxylic acids is 3. The van der Waals surface area contributed by atoms with Crippen LogP contribution in [0, 0.1) is 5.82 Å². The molecule has 0 aliphatic carbocycles. The van der Waals surface area contributed by atoms with Crippen LogP contribution in [0.3, 0.4) is 0 Å². The molecular formula is C39H34FN3O3S. The quantitative estimate of drug-likeness (QED) is 0.0992. The van der Waals surface area contributed by atoms with Gasteiger partial charge >= 0.3 is 0 Å². The highest BCUT2D eigenvalue weighted by atomic mass is 32.2. The number of rotatable bonds is 11. The van der Waals surface area contributed by atoms with Crippen molar-refractivity contribution >= 4 is 46.9 Å². The minimum Gasteiger partial charge on any atom is -0.325 e. The molecule has 1 unspecified atom stereocenters. The third-order valence-electron chi connectivity index (χ3n) is 7.24. The van der Waals surface area contributed by atoms with Crippen molar-refractivity contribution in [3.63, 3.8) is 0 Å². The summed E-state index contributed by atoms with van der Waals surface area (Å²) in [6, 6.07) is 38.6. The Bertz CT molecular complexity index is 1860. The molecule has 0 aliphatic heterocycles. The number of thioether (sulfide) groups is 1. The molecule has 5 aromatic carbocycles. The van der Waals surface area contributed by atoms with E-state index in [9.17, 15) is 18.8 Å². The topological polar surface area (TPSA) is 87.3 Å². The second-order valence-electron chi connectivity index (χ2n) is 11.1. The maximum absolute atomic E-state index is 13.6. The standard InChI is InChI=1S/C39H34FN3O3S/c1-26(2)28-18-22-32(23-19-28)41-39(46)36(29-10-5-3-6-11-29)47-34-15-9-14-33(25-34)42-38(45)35(24-27-16-20-31(40)21-17-27)43-37(44)30-12-7-4-8-13-30/h3-26,36H,1-2H3,(H,41,46)(H,42,45)(H,43,44)/b35-24-. The number of carbonyl (C=O) groups is 3. The van der Waals surface area contributed by atoms with E-state index in [1.165, 1.54) is 47.7 Å². The molecule has 0 heterocycles. The average molecular weight is 644 g/mol. The third-order valence-corrected chi connectivity index (χ3v) is 8.49. The summed E-state index contributed by atoms with van der Waals surface area (Å²) in [5.74, 6) is -1.24. The van der Waals surface area contributed by atoms with Crippen LogP contribution in [0.2, 0.25) is 0 Å². The van der Waals surface area contributed by atoms with Gasteiger partial charge in [0.2, 0.25) is 5.91 Å². The smallest absolute Gasteiger partial charge is 0.272 e. The summed E-state index contributed by atoms with van der Waals surface area (Å²) < 4.78 is 13.5. The van der Waals surface area contributed by atoms with Gasteiger partial charge < -0.3 is 16.0 Å². The molecule has 236 valence electrons. The van der Waals surface area contributed by atoms with Gasteiger partial charge in [0.1, 0.15) is 16.8 Å². The van der Waals surface area contributed by atoms with Crippen LogP contribution in [-0.4, -0.2) is 17.7 Å². The molecule has 0 aliphatic rings. The minimum atomic E-state index is -0.578. The summed E-state index contributed by atoms with van der Waals surface area (Å²) in [5, 5.41) is 8.02. The van der Waals surface area contributed by atoms with Crippen molar-refractivity contribution < 1.29 is 18.8 Å². The van der Waals surface area contributed by atoms with Crippen LogP contribution in [0.4, 0.5) is 15.8 Å². The van der Waals surface area contributed by atoms with Gasteiger partial charge in [0.05, 0.1) is 0 Å². The number of hydrogen-bond donors (Lipinski definition) is 3. The maximum Gasteiger partial charge on any atom is 0.272 e. The van der Waals surface area contributed by atoms with Crippen molar-refractivity contribution in [1.82, 2.24) is 5.32 Å². The Morgan fingerprint density at radius 1 is 0.681 bits per heavy atom. The lowest BCUT2D eigenvalue weighted by Gasteiger charge is -2.18. The Balaban J connectivity index is 1.36. The Hall–Kier alpha value is -5.47. The van der Waals surface area contributed by atoms with Crippen molar-refractivity contribution in [2.24, 2.45) is 0 Å². The molecule has 0 bridgehead atoms. The molecule has 3 N–H and O–H groups in total. The first kappa shape index (κ1) is 32.9. The van der Waals surface area contributed by atoms with Crippen molar-refractivity contribution in [2.75, 3.05) is 10.6 Å². The molecule has 0 saturated carbocycles. The third kappa shape index (κ3) is 9.28. The molecule has 5 aromatic rings. The van der Waals surface area contributed by atoms with Crippen LogP contribution in [0.1, 0.15) is 52.1 Å². The lowest BCUT2D eigenvalue weighted by atomic mass is 10.0. The van der Waals surface area contributed by atoms with Gasteiger partial charge in [-0.15, -0.1) is 11.8 Å². The first-order chi connectivity index (χ1) is 22.7. The van der Waals surface area contributed by atoms with E-state index in [1.807, 2.05) is 60.7 Å². The number of amides is 3.